The smallest absolute Gasteiger partial charge is 0.184 e. The second kappa shape index (κ2) is 6.85. The van der Waals surface area contributed by atoms with Crippen molar-refractivity contribution in [1.82, 2.24) is 20.2 Å². The quantitative estimate of drug-likeness (QED) is 0.607. The van der Waals surface area contributed by atoms with Gasteiger partial charge in [-0.2, -0.15) is 0 Å². The summed E-state index contributed by atoms with van der Waals surface area (Å²) in [5, 5.41) is 11.8. The second-order valence-electron chi connectivity index (χ2n) is 4.38. The monoisotopic (exact) mass is 277 g/mol. The Balaban J connectivity index is 2.18. The van der Waals surface area contributed by atoms with Crippen LogP contribution >= 0.6 is 0 Å². The standard InChI is InChI=1S/C13H19N5O2/c1-19-8-4-3-7-18-13(15-16-17-18)11-9-10(20-2)5-6-12(11)14/h5-6,9H,3-4,7-8,14H2,1-2H3. The summed E-state index contributed by atoms with van der Waals surface area (Å²) >= 11 is 0. The third-order valence-corrected chi connectivity index (χ3v) is 3.00. The van der Waals surface area contributed by atoms with Crippen molar-refractivity contribution in [1.29, 1.82) is 0 Å². The van der Waals surface area contributed by atoms with E-state index in [2.05, 4.69) is 15.5 Å². The molecule has 0 fully saturated rings. The first-order chi connectivity index (χ1) is 9.76. The van der Waals surface area contributed by atoms with Crippen LogP contribution in [0.25, 0.3) is 11.4 Å². The number of nitrogens with zero attached hydrogens (tertiary/aromatic N) is 4. The minimum absolute atomic E-state index is 0.624. The number of hydrogen-bond donors (Lipinski definition) is 1. The molecule has 7 nitrogen and oxygen atoms in total. The molecule has 1 aromatic carbocycles. The van der Waals surface area contributed by atoms with Crippen molar-refractivity contribution in [3.63, 3.8) is 0 Å². The molecule has 0 bridgehead atoms. The molecule has 0 amide bonds. The first-order valence-corrected chi connectivity index (χ1v) is 6.45. The van der Waals surface area contributed by atoms with Crippen LogP contribution in [0.5, 0.6) is 5.75 Å². The topological polar surface area (TPSA) is 88.1 Å². The fourth-order valence-corrected chi connectivity index (χ4v) is 1.91. The highest BCUT2D eigenvalue weighted by atomic mass is 16.5. The fourth-order valence-electron chi connectivity index (χ4n) is 1.91. The second-order valence-corrected chi connectivity index (χ2v) is 4.38. The summed E-state index contributed by atoms with van der Waals surface area (Å²) in [6, 6.07) is 5.44. The highest BCUT2D eigenvalue weighted by Crippen LogP contribution is 2.27. The predicted molar refractivity (Wildman–Crippen MR) is 75.3 cm³/mol. The first kappa shape index (κ1) is 14.3. The molecule has 20 heavy (non-hydrogen) atoms. The minimum atomic E-state index is 0.624. The van der Waals surface area contributed by atoms with E-state index in [0.29, 0.717) is 11.5 Å². The van der Waals surface area contributed by atoms with Crippen molar-refractivity contribution in [3.05, 3.63) is 18.2 Å². The lowest BCUT2D eigenvalue weighted by Crippen LogP contribution is -2.05. The molecule has 2 rings (SSSR count). The van der Waals surface area contributed by atoms with Crippen molar-refractivity contribution in [2.24, 2.45) is 0 Å². The largest absolute Gasteiger partial charge is 0.497 e. The van der Waals surface area contributed by atoms with Gasteiger partial charge in [0.25, 0.3) is 0 Å². The lowest BCUT2D eigenvalue weighted by atomic mass is 10.1. The molecule has 0 saturated heterocycles. The van der Waals surface area contributed by atoms with Crippen LogP contribution in [0, 0.1) is 0 Å². The van der Waals surface area contributed by atoms with Crippen LogP contribution in [0.1, 0.15) is 12.8 Å². The normalized spacial score (nSPS) is 10.7. The van der Waals surface area contributed by atoms with Crippen LogP contribution in [0.15, 0.2) is 18.2 Å². The maximum atomic E-state index is 6.00. The summed E-state index contributed by atoms with van der Waals surface area (Å²) in [6.45, 7) is 1.46. The molecule has 0 unspecified atom stereocenters. The molecule has 0 aliphatic carbocycles. The van der Waals surface area contributed by atoms with Crippen molar-refractivity contribution in [3.8, 4) is 17.1 Å². The number of unbranched alkanes of at least 4 members (excludes halogenated alkanes) is 1. The molecular weight excluding hydrogens is 258 g/mol. The Kier molecular flexibility index (Phi) is 4.89. The maximum Gasteiger partial charge on any atom is 0.184 e. The van der Waals surface area contributed by atoms with E-state index >= 15 is 0 Å². The van der Waals surface area contributed by atoms with E-state index in [1.807, 2.05) is 12.1 Å². The fraction of sp³-hybridized carbons (Fsp3) is 0.462. The van der Waals surface area contributed by atoms with Crippen LogP contribution in [0.4, 0.5) is 5.69 Å². The van der Waals surface area contributed by atoms with Gasteiger partial charge in [0.15, 0.2) is 5.82 Å². The summed E-state index contributed by atoms with van der Waals surface area (Å²) in [7, 11) is 3.31. The third-order valence-electron chi connectivity index (χ3n) is 3.00. The van der Waals surface area contributed by atoms with Gasteiger partial charge in [-0.05, 0) is 41.5 Å². The molecule has 0 saturated carbocycles. The number of tetrazole rings is 1. The van der Waals surface area contributed by atoms with Crippen LogP contribution in [0.2, 0.25) is 0 Å². The zero-order chi connectivity index (χ0) is 14.4. The zero-order valence-electron chi connectivity index (χ0n) is 11.7. The number of aryl methyl sites for hydroxylation is 1. The summed E-state index contributed by atoms with van der Waals surface area (Å²) in [5.74, 6) is 1.38. The number of nitrogens with two attached hydrogens (primary N) is 1. The molecule has 0 radical (unpaired) electrons. The average molecular weight is 277 g/mol. The van der Waals surface area contributed by atoms with Gasteiger partial charge in [-0.3, -0.25) is 0 Å². The van der Waals surface area contributed by atoms with Gasteiger partial charge in [-0.1, -0.05) is 0 Å². The predicted octanol–water partition coefficient (Wildman–Crippen LogP) is 1.36. The van der Waals surface area contributed by atoms with Gasteiger partial charge >= 0.3 is 0 Å². The van der Waals surface area contributed by atoms with Crippen molar-refractivity contribution < 1.29 is 9.47 Å². The Morgan fingerprint density at radius 1 is 1.25 bits per heavy atom. The average Bonchev–Trinajstić information content (AvgIpc) is 2.92. The van der Waals surface area contributed by atoms with E-state index in [9.17, 15) is 0 Å². The zero-order valence-corrected chi connectivity index (χ0v) is 11.7. The van der Waals surface area contributed by atoms with E-state index < -0.39 is 0 Å². The Labute approximate surface area is 117 Å². The minimum Gasteiger partial charge on any atom is -0.497 e. The molecular formula is C13H19N5O2. The van der Waals surface area contributed by atoms with Crippen molar-refractivity contribution in [2.45, 2.75) is 19.4 Å². The van der Waals surface area contributed by atoms with Crippen LogP contribution < -0.4 is 10.5 Å². The van der Waals surface area contributed by atoms with Gasteiger partial charge < -0.3 is 15.2 Å². The van der Waals surface area contributed by atoms with Gasteiger partial charge in [-0.25, -0.2) is 4.68 Å². The number of hydrogen-bond acceptors (Lipinski definition) is 6. The van der Waals surface area contributed by atoms with Gasteiger partial charge in [0, 0.05) is 31.5 Å². The Morgan fingerprint density at radius 2 is 2.10 bits per heavy atom. The molecule has 0 spiro atoms. The molecule has 1 aromatic heterocycles. The molecule has 2 N–H and O–H groups in total. The number of methoxy groups -OCH3 is 2. The van der Waals surface area contributed by atoms with Crippen molar-refractivity contribution >= 4 is 5.69 Å². The van der Waals surface area contributed by atoms with E-state index in [-0.39, 0.29) is 0 Å². The van der Waals surface area contributed by atoms with Crippen LogP contribution in [0.3, 0.4) is 0 Å². The van der Waals surface area contributed by atoms with E-state index in [0.717, 1.165) is 37.3 Å². The number of nitrogen functional groups attached to an aromatic ring is 1. The van der Waals surface area contributed by atoms with Gasteiger partial charge in [0.05, 0.1) is 7.11 Å². The third kappa shape index (κ3) is 3.24. The van der Waals surface area contributed by atoms with Crippen LogP contribution in [-0.4, -0.2) is 41.0 Å². The molecule has 0 aliphatic heterocycles. The Hall–Kier alpha value is -2.15. The Bertz CT molecular complexity index is 555. The summed E-state index contributed by atoms with van der Waals surface area (Å²) < 4.78 is 12.0. The number of ether oxygens (including phenoxy) is 2. The van der Waals surface area contributed by atoms with Crippen LogP contribution in [-0.2, 0) is 11.3 Å². The van der Waals surface area contributed by atoms with Gasteiger partial charge in [0.1, 0.15) is 5.75 Å². The number of anilines is 1. The number of rotatable bonds is 7. The SMILES string of the molecule is COCCCCn1nnnc1-c1cc(OC)ccc1N. The number of aromatic nitrogens is 4. The Morgan fingerprint density at radius 3 is 2.85 bits per heavy atom. The molecule has 0 aliphatic rings. The lowest BCUT2D eigenvalue weighted by Gasteiger charge is -2.08. The van der Waals surface area contributed by atoms with Gasteiger partial charge in [0.2, 0.25) is 0 Å². The summed E-state index contributed by atoms with van der Waals surface area (Å²) in [5.41, 5.74) is 7.40. The summed E-state index contributed by atoms with van der Waals surface area (Å²) in [4.78, 5) is 0. The van der Waals surface area contributed by atoms with Crippen molar-refractivity contribution in [2.75, 3.05) is 26.6 Å². The highest BCUT2D eigenvalue weighted by molar-refractivity contribution is 5.72. The highest BCUT2D eigenvalue weighted by Gasteiger charge is 2.12. The first-order valence-electron chi connectivity index (χ1n) is 6.45. The van der Waals surface area contributed by atoms with E-state index in [1.165, 1.54) is 0 Å². The van der Waals surface area contributed by atoms with E-state index in [1.54, 1.807) is 25.0 Å². The molecule has 1 heterocycles. The molecule has 7 heteroatoms. The number of benzene rings is 1. The molecule has 0 atom stereocenters. The maximum absolute atomic E-state index is 6.00. The lowest BCUT2D eigenvalue weighted by molar-refractivity contribution is 0.191. The van der Waals surface area contributed by atoms with Gasteiger partial charge in [-0.15, -0.1) is 5.10 Å². The molecule has 108 valence electrons. The molecule has 2 aromatic rings. The summed E-state index contributed by atoms with van der Waals surface area (Å²) in [6.07, 6.45) is 1.90. The van der Waals surface area contributed by atoms with E-state index in [4.69, 9.17) is 15.2 Å².